The molecule has 0 amide bonds. The molecule has 2 heterocycles. The van der Waals surface area contributed by atoms with E-state index in [1.807, 2.05) is 0 Å². The molecule has 0 radical (unpaired) electrons. The Bertz CT molecular complexity index is 1170. The molecular formula is C18H13ClF2N6. The Labute approximate surface area is 157 Å². The molecule has 4 aromatic rings. The van der Waals surface area contributed by atoms with Crippen LogP contribution < -0.4 is 11.1 Å². The maximum atomic E-state index is 13.7. The summed E-state index contributed by atoms with van der Waals surface area (Å²) in [5.74, 6) is 0.402. The number of hydrogen-bond donors (Lipinski definition) is 2. The number of anilines is 3. The molecule has 0 aliphatic carbocycles. The monoisotopic (exact) mass is 386 g/mol. The lowest BCUT2D eigenvalue weighted by Crippen LogP contribution is -2.07. The van der Waals surface area contributed by atoms with Gasteiger partial charge in [0, 0.05) is 17.8 Å². The van der Waals surface area contributed by atoms with E-state index in [4.69, 9.17) is 17.3 Å². The number of fused-ring (bicyclic) bond motifs is 1. The van der Waals surface area contributed by atoms with Crippen LogP contribution in [0.5, 0.6) is 0 Å². The minimum absolute atomic E-state index is 0.0114. The van der Waals surface area contributed by atoms with Gasteiger partial charge >= 0.3 is 0 Å². The zero-order valence-corrected chi connectivity index (χ0v) is 14.8. The Kier molecular flexibility index (Phi) is 4.12. The van der Waals surface area contributed by atoms with Crippen molar-refractivity contribution in [1.82, 2.24) is 19.5 Å². The predicted octanol–water partition coefficient (Wildman–Crippen LogP) is 4.38. The first-order valence-electron chi connectivity index (χ1n) is 7.92. The minimum Gasteiger partial charge on any atom is -0.383 e. The summed E-state index contributed by atoms with van der Waals surface area (Å²) in [7, 11) is 0. The molecule has 0 saturated carbocycles. The summed E-state index contributed by atoms with van der Waals surface area (Å²) in [4.78, 5) is 12.9. The van der Waals surface area contributed by atoms with Crippen LogP contribution in [0.3, 0.4) is 0 Å². The van der Waals surface area contributed by atoms with Gasteiger partial charge in [0.15, 0.2) is 0 Å². The number of aryl methyl sites for hydroxylation is 1. The number of nitrogens with one attached hydrogen (secondary N) is 1. The quantitative estimate of drug-likeness (QED) is 0.546. The minimum atomic E-state index is -0.572. The zero-order valence-electron chi connectivity index (χ0n) is 14.0. The number of nitrogens with two attached hydrogens (primary N) is 1. The standard InChI is InChI=1S/C18H13ClF2N6/c1-9-23-14-5-2-10(20)6-15(14)27(9)17-8-16(22)25-18(26-17)24-11-3-4-12(19)13(21)7-11/h2-8H,1H3,(H3,22,24,25,26). The van der Waals surface area contributed by atoms with Crippen molar-refractivity contribution in [3.05, 3.63) is 64.9 Å². The molecule has 0 atom stereocenters. The highest BCUT2D eigenvalue weighted by atomic mass is 35.5. The van der Waals surface area contributed by atoms with Crippen molar-refractivity contribution in [3.8, 4) is 5.82 Å². The maximum Gasteiger partial charge on any atom is 0.231 e. The number of aromatic nitrogens is 4. The number of imidazole rings is 1. The third-order valence-electron chi connectivity index (χ3n) is 3.92. The molecule has 0 saturated heterocycles. The second-order valence-corrected chi connectivity index (χ2v) is 6.26. The van der Waals surface area contributed by atoms with Crippen molar-refractivity contribution in [2.45, 2.75) is 6.92 Å². The largest absolute Gasteiger partial charge is 0.383 e. The lowest BCUT2D eigenvalue weighted by atomic mass is 10.3. The van der Waals surface area contributed by atoms with Crippen LogP contribution in [0.1, 0.15) is 5.82 Å². The molecule has 0 fully saturated rings. The summed E-state index contributed by atoms with van der Waals surface area (Å²) in [6.45, 7) is 1.78. The first-order valence-corrected chi connectivity index (χ1v) is 8.30. The Morgan fingerprint density at radius 2 is 1.85 bits per heavy atom. The molecule has 136 valence electrons. The molecule has 0 bridgehead atoms. The van der Waals surface area contributed by atoms with Gasteiger partial charge < -0.3 is 11.1 Å². The Balaban J connectivity index is 1.80. The van der Waals surface area contributed by atoms with Gasteiger partial charge in [0.25, 0.3) is 0 Å². The summed E-state index contributed by atoms with van der Waals surface area (Å²) in [6, 6.07) is 10.1. The van der Waals surface area contributed by atoms with Crippen LogP contribution in [-0.2, 0) is 0 Å². The van der Waals surface area contributed by atoms with Crippen molar-refractivity contribution in [3.63, 3.8) is 0 Å². The summed E-state index contributed by atoms with van der Waals surface area (Å²) < 4.78 is 29.0. The third kappa shape index (κ3) is 3.26. The first kappa shape index (κ1) is 17.2. The average molecular weight is 387 g/mol. The van der Waals surface area contributed by atoms with Gasteiger partial charge in [-0.05, 0) is 37.3 Å². The summed E-state index contributed by atoms with van der Waals surface area (Å²) in [5.41, 5.74) is 7.49. The predicted molar refractivity (Wildman–Crippen MR) is 100 cm³/mol. The van der Waals surface area contributed by atoms with E-state index in [1.54, 1.807) is 29.7 Å². The number of nitrogens with zero attached hydrogens (tertiary/aromatic N) is 4. The Hall–Kier alpha value is -3.26. The van der Waals surface area contributed by atoms with Crippen molar-refractivity contribution < 1.29 is 8.78 Å². The van der Waals surface area contributed by atoms with Crippen LogP contribution in [0, 0.1) is 18.6 Å². The molecular weight excluding hydrogens is 374 g/mol. The Morgan fingerprint density at radius 3 is 2.63 bits per heavy atom. The van der Waals surface area contributed by atoms with Crippen LogP contribution in [-0.4, -0.2) is 19.5 Å². The summed E-state index contributed by atoms with van der Waals surface area (Å²) >= 11 is 5.69. The van der Waals surface area contributed by atoms with E-state index >= 15 is 0 Å². The molecule has 0 spiro atoms. The molecule has 0 unspecified atom stereocenters. The number of nitrogen functional groups attached to an aromatic ring is 1. The SMILES string of the molecule is Cc1nc2ccc(F)cc2n1-c1cc(N)nc(Nc2ccc(Cl)c(F)c2)n1. The van der Waals surface area contributed by atoms with Gasteiger partial charge in [0.1, 0.15) is 29.1 Å². The molecule has 3 N–H and O–H groups in total. The summed E-state index contributed by atoms with van der Waals surface area (Å²) in [5, 5.41) is 2.90. The second kappa shape index (κ2) is 6.48. The van der Waals surface area contributed by atoms with Gasteiger partial charge in [-0.3, -0.25) is 4.57 Å². The molecule has 6 nitrogen and oxygen atoms in total. The van der Waals surface area contributed by atoms with Crippen molar-refractivity contribution in [2.24, 2.45) is 0 Å². The van der Waals surface area contributed by atoms with Gasteiger partial charge in [0.05, 0.1) is 16.1 Å². The maximum absolute atomic E-state index is 13.7. The van der Waals surface area contributed by atoms with Gasteiger partial charge in [0.2, 0.25) is 5.95 Å². The highest BCUT2D eigenvalue weighted by Gasteiger charge is 2.14. The number of hydrogen-bond acceptors (Lipinski definition) is 5. The normalized spacial score (nSPS) is 11.1. The molecule has 2 aromatic heterocycles. The van der Waals surface area contributed by atoms with Gasteiger partial charge in [-0.2, -0.15) is 9.97 Å². The van der Waals surface area contributed by atoms with E-state index < -0.39 is 5.82 Å². The van der Waals surface area contributed by atoms with E-state index in [1.165, 1.54) is 24.3 Å². The molecule has 9 heteroatoms. The fourth-order valence-corrected chi connectivity index (χ4v) is 2.90. The van der Waals surface area contributed by atoms with Gasteiger partial charge in [-0.1, -0.05) is 11.6 Å². The molecule has 0 aliphatic heterocycles. The van der Waals surface area contributed by atoms with Crippen LogP contribution in [0.15, 0.2) is 42.5 Å². The highest BCUT2D eigenvalue weighted by Crippen LogP contribution is 2.25. The van der Waals surface area contributed by atoms with Crippen LogP contribution in [0.4, 0.5) is 26.2 Å². The molecule has 27 heavy (non-hydrogen) atoms. The molecule has 4 rings (SSSR count). The van der Waals surface area contributed by atoms with Crippen molar-refractivity contribution in [1.29, 1.82) is 0 Å². The smallest absolute Gasteiger partial charge is 0.231 e. The number of halogens is 3. The topological polar surface area (TPSA) is 81.7 Å². The van der Waals surface area contributed by atoms with Crippen molar-refractivity contribution in [2.75, 3.05) is 11.1 Å². The third-order valence-corrected chi connectivity index (χ3v) is 4.23. The fraction of sp³-hybridized carbons (Fsp3) is 0.0556. The average Bonchev–Trinajstić information content (AvgIpc) is 2.92. The summed E-state index contributed by atoms with van der Waals surface area (Å²) in [6.07, 6.45) is 0. The van der Waals surface area contributed by atoms with Gasteiger partial charge in [-0.15, -0.1) is 0 Å². The Morgan fingerprint density at radius 1 is 1.04 bits per heavy atom. The van der Waals surface area contributed by atoms with Crippen LogP contribution >= 0.6 is 11.6 Å². The van der Waals surface area contributed by atoms with Crippen LogP contribution in [0.2, 0.25) is 5.02 Å². The molecule has 2 aromatic carbocycles. The van der Waals surface area contributed by atoms with E-state index in [0.717, 1.165) is 0 Å². The highest BCUT2D eigenvalue weighted by molar-refractivity contribution is 6.30. The number of benzene rings is 2. The van der Waals surface area contributed by atoms with E-state index in [9.17, 15) is 8.78 Å². The zero-order chi connectivity index (χ0) is 19.1. The van der Waals surface area contributed by atoms with E-state index in [-0.39, 0.29) is 22.6 Å². The fourth-order valence-electron chi connectivity index (χ4n) is 2.78. The lowest BCUT2D eigenvalue weighted by Gasteiger charge is -2.11. The first-order chi connectivity index (χ1) is 12.9. The lowest BCUT2D eigenvalue weighted by molar-refractivity contribution is 0.628. The van der Waals surface area contributed by atoms with E-state index in [0.29, 0.717) is 28.4 Å². The van der Waals surface area contributed by atoms with Crippen LogP contribution in [0.25, 0.3) is 16.9 Å². The number of rotatable bonds is 3. The van der Waals surface area contributed by atoms with Crippen molar-refractivity contribution >= 4 is 40.1 Å². The molecule has 0 aliphatic rings. The van der Waals surface area contributed by atoms with E-state index in [2.05, 4.69) is 20.3 Å². The van der Waals surface area contributed by atoms with Gasteiger partial charge in [-0.25, -0.2) is 13.8 Å². The second-order valence-electron chi connectivity index (χ2n) is 5.86.